The van der Waals surface area contributed by atoms with Crippen molar-refractivity contribution >= 4 is 22.6 Å². The van der Waals surface area contributed by atoms with Crippen LogP contribution in [-0.4, -0.2) is 10.2 Å². The zero-order chi connectivity index (χ0) is 16.8. The van der Waals surface area contributed by atoms with Gasteiger partial charge in [-0.15, -0.1) is 5.10 Å². The average Bonchev–Trinajstić information content (AvgIpc) is 2.89. The highest BCUT2D eigenvalue weighted by molar-refractivity contribution is 14.1. The summed E-state index contributed by atoms with van der Waals surface area (Å²) in [6.45, 7) is 6.29. The van der Waals surface area contributed by atoms with Gasteiger partial charge in [0.2, 0.25) is 11.8 Å². The predicted octanol–water partition coefficient (Wildman–Crippen LogP) is 3.53. The van der Waals surface area contributed by atoms with Crippen molar-refractivity contribution in [3.05, 3.63) is 56.1 Å². The number of hydrogen-bond donors (Lipinski definition) is 2. The van der Waals surface area contributed by atoms with Crippen molar-refractivity contribution < 1.29 is 4.74 Å². The summed E-state index contributed by atoms with van der Waals surface area (Å²) in [5, 5.41) is 17.0. The second-order valence-corrected chi connectivity index (χ2v) is 7.79. The number of fused-ring (bicyclic) bond motifs is 1. The van der Waals surface area contributed by atoms with Gasteiger partial charge in [0.1, 0.15) is 11.6 Å². The van der Waals surface area contributed by atoms with Crippen LogP contribution in [0.1, 0.15) is 43.5 Å². The van der Waals surface area contributed by atoms with Gasteiger partial charge in [0.05, 0.1) is 11.5 Å². The zero-order valence-electron chi connectivity index (χ0n) is 13.1. The molecule has 0 radical (unpaired) electrons. The SMILES string of the molecule is CC(C)(C)c1[nH]nc2c1[C@@H](c1cccc(I)c1)C(C#N)=C(N)O2. The van der Waals surface area contributed by atoms with Gasteiger partial charge in [0, 0.05) is 14.7 Å². The van der Waals surface area contributed by atoms with E-state index in [1.807, 2.05) is 18.2 Å². The predicted molar refractivity (Wildman–Crippen MR) is 95.7 cm³/mol. The Bertz CT molecular complexity index is 839. The molecule has 3 rings (SSSR count). The van der Waals surface area contributed by atoms with E-state index in [0.29, 0.717) is 11.5 Å². The van der Waals surface area contributed by atoms with Crippen LogP contribution in [0.2, 0.25) is 0 Å². The van der Waals surface area contributed by atoms with Crippen molar-refractivity contribution in [2.24, 2.45) is 5.73 Å². The fraction of sp³-hybridized carbons (Fsp3) is 0.294. The molecule has 1 atom stereocenters. The standard InChI is InChI=1S/C17H17IN4O/c1-17(2,3)14-13-12(9-5-4-6-10(18)7-9)11(8-19)15(20)23-16(13)22-21-14/h4-7,12H,20H2,1-3H3,(H,21,22)/t12-/m0/s1. The van der Waals surface area contributed by atoms with Crippen LogP contribution in [0.3, 0.4) is 0 Å². The number of aromatic nitrogens is 2. The Morgan fingerprint density at radius 3 is 2.74 bits per heavy atom. The van der Waals surface area contributed by atoms with Crippen molar-refractivity contribution in [1.82, 2.24) is 10.2 Å². The van der Waals surface area contributed by atoms with E-state index in [1.54, 1.807) is 0 Å². The third-order valence-corrected chi connectivity index (χ3v) is 4.54. The number of nitriles is 1. The first-order valence-electron chi connectivity index (χ1n) is 7.24. The molecule has 23 heavy (non-hydrogen) atoms. The molecule has 0 unspecified atom stereocenters. The largest absolute Gasteiger partial charge is 0.420 e. The molecule has 118 valence electrons. The molecule has 1 aliphatic rings. The van der Waals surface area contributed by atoms with Crippen LogP contribution in [0.25, 0.3) is 0 Å². The third-order valence-electron chi connectivity index (χ3n) is 3.87. The number of allylic oxidation sites excluding steroid dienone is 1. The number of halogens is 1. The Morgan fingerprint density at radius 2 is 2.13 bits per heavy atom. The van der Waals surface area contributed by atoms with E-state index in [4.69, 9.17) is 10.5 Å². The van der Waals surface area contributed by atoms with E-state index in [-0.39, 0.29) is 17.2 Å². The molecular formula is C17H17IN4O. The monoisotopic (exact) mass is 420 g/mol. The lowest BCUT2D eigenvalue weighted by Gasteiger charge is -2.27. The molecule has 2 aromatic rings. The van der Waals surface area contributed by atoms with E-state index in [1.165, 1.54) is 0 Å². The van der Waals surface area contributed by atoms with Gasteiger partial charge >= 0.3 is 0 Å². The summed E-state index contributed by atoms with van der Waals surface area (Å²) >= 11 is 2.26. The maximum atomic E-state index is 9.62. The van der Waals surface area contributed by atoms with Gasteiger partial charge < -0.3 is 10.5 Å². The van der Waals surface area contributed by atoms with Gasteiger partial charge in [-0.2, -0.15) is 5.26 Å². The number of nitrogens with zero attached hydrogens (tertiary/aromatic N) is 2. The summed E-state index contributed by atoms with van der Waals surface area (Å²) < 4.78 is 6.69. The van der Waals surface area contributed by atoms with Crippen molar-refractivity contribution in [1.29, 1.82) is 5.26 Å². The Balaban J connectivity index is 2.28. The van der Waals surface area contributed by atoms with Gasteiger partial charge in [0.15, 0.2) is 0 Å². The topological polar surface area (TPSA) is 87.7 Å². The van der Waals surface area contributed by atoms with Crippen LogP contribution in [0.15, 0.2) is 35.7 Å². The lowest BCUT2D eigenvalue weighted by molar-refractivity contribution is 0.378. The molecule has 0 aliphatic carbocycles. The lowest BCUT2D eigenvalue weighted by Crippen LogP contribution is -2.23. The summed E-state index contributed by atoms with van der Waals surface area (Å²) in [4.78, 5) is 0. The number of ether oxygens (including phenoxy) is 1. The number of aromatic amines is 1. The van der Waals surface area contributed by atoms with Gasteiger partial charge in [0.25, 0.3) is 0 Å². The summed E-state index contributed by atoms with van der Waals surface area (Å²) in [6.07, 6.45) is 0. The van der Waals surface area contributed by atoms with Crippen LogP contribution in [0.5, 0.6) is 5.88 Å². The zero-order valence-corrected chi connectivity index (χ0v) is 15.3. The molecule has 0 saturated carbocycles. The Hall–Kier alpha value is -2.01. The van der Waals surface area contributed by atoms with E-state index in [9.17, 15) is 5.26 Å². The van der Waals surface area contributed by atoms with Crippen LogP contribution in [0.4, 0.5) is 0 Å². The maximum Gasteiger partial charge on any atom is 0.244 e. The maximum absolute atomic E-state index is 9.62. The molecule has 6 heteroatoms. The molecule has 0 saturated heterocycles. The summed E-state index contributed by atoms with van der Waals surface area (Å²) in [7, 11) is 0. The number of hydrogen-bond acceptors (Lipinski definition) is 4. The Morgan fingerprint density at radius 1 is 1.39 bits per heavy atom. The second-order valence-electron chi connectivity index (χ2n) is 6.55. The van der Waals surface area contributed by atoms with Crippen molar-refractivity contribution in [3.8, 4) is 11.9 Å². The lowest BCUT2D eigenvalue weighted by atomic mass is 9.79. The normalized spacial score (nSPS) is 17.4. The molecule has 0 bridgehead atoms. The second kappa shape index (κ2) is 5.57. The first-order valence-corrected chi connectivity index (χ1v) is 8.32. The van der Waals surface area contributed by atoms with E-state index < -0.39 is 0 Å². The summed E-state index contributed by atoms with van der Waals surface area (Å²) in [5.74, 6) is 0.303. The van der Waals surface area contributed by atoms with Crippen LogP contribution in [-0.2, 0) is 5.41 Å². The number of nitrogens with one attached hydrogen (secondary N) is 1. The Kier molecular flexibility index (Phi) is 3.84. The first kappa shape index (κ1) is 15.9. The molecule has 2 heterocycles. The molecule has 1 aliphatic heterocycles. The van der Waals surface area contributed by atoms with Crippen molar-refractivity contribution in [3.63, 3.8) is 0 Å². The number of nitrogens with two attached hydrogens (primary N) is 1. The van der Waals surface area contributed by atoms with Crippen molar-refractivity contribution in [2.45, 2.75) is 32.1 Å². The smallest absolute Gasteiger partial charge is 0.244 e. The fourth-order valence-corrected chi connectivity index (χ4v) is 3.40. The van der Waals surface area contributed by atoms with E-state index >= 15 is 0 Å². The minimum absolute atomic E-state index is 0.121. The van der Waals surface area contributed by atoms with Crippen LogP contribution < -0.4 is 10.5 Å². The highest BCUT2D eigenvalue weighted by Gasteiger charge is 2.37. The number of rotatable bonds is 1. The van der Waals surface area contributed by atoms with Gasteiger partial charge in [-0.05, 0) is 40.3 Å². The van der Waals surface area contributed by atoms with Gasteiger partial charge in [-0.3, -0.25) is 5.10 Å². The third kappa shape index (κ3) is 2.70. The van der Waals surface area contributed by atoms with Crippen LogP contribution >= 0.6 is 22.6 Å². The fourth-order valence-electron chi connectivity index (χ4n) is 2.84. The Labute approximate surface area is 148 Å². The van der Waals surface area contributed by atoms with Gasteiger partial charge in [-0.1, -0.05) is 32.9 Å². The summed E-state index contributed by atoms with van der Waals surface area (Å²) in [6, 6.07) is 10.3. The minimum Gasteiger partial charge on any atom is -0.420 e. The number of H-pyrrole nitrogens is 1. The van der Waals surface area contributed by atoms with Crippen LogP contribution in [0, 0.1) is 14.9 Å². The summed E-state index contributed by atoms with van der Waals surface area (Å²) in [5.41, 5.74) is 9.09. The molecule has 0 fully saturated rings. The molecule has 3 N–H and O–H groups in total. The van der Waals surface area contributed by atoms with E-state index in [0.717, 1.165) is 20.4 Å². The quantitative estimate of drug-likeness (QED) is 0.691. The minimum atomic E-state index is -0.272. The highest BCUT2D eigenvalue weighted by atomic mass is 127. The molecule has 1 aromatic carbocycles. The van der Waals surface area contributed by atoms with E-state index in [2.05, 4.69) is 65.7 Å². The van der Waals surface area contributed by atoms with Crippen molar-refractivity contribution in [2.75, 3.05) is 0 Å². The molecule has 0 spiro atoms. The molecule has 5 nitrogen and oxygen atoms in total. The molecule has 0 amide bonds. The molecular weight excluding hydrogens is 403 g/mol. The van der Waals surface area contributed by atoms with Gasteiger partial charge in [-0.25, -0.2) is 0 Å². The average molecular weight is 420 g/mol. The molecule has 1 aromatic heterocycles. The highest BCUT2D eigenvalue weighted by Crippen LogP contribution is 2.45. The first-order chi connectivity index (χ1) is 10.8. The number of benzene rings is 1.